The zero-order valence-corrected chi connectivity index (χ0v) is 18.4. The minimum atomic E-state index is -0.0268. The van der Waals surface area contributed by atoms with Crippen LogP contribution in [0.15, 0.2) is 5.38 Å². The van der Waals surface area contributed by atoms with Gasteiger partial charge in [-0.2, -0.15) is 10.4 Å². The lowest BCUT2D eigenvalue weighted by Gasteiger charge is -2.30. The number of likely N-dealkylation sites (tertiary alicyclic amines) is 1. The number of piperidine rings is 1. The molecular weight excluding hydrogens is 384 g/mol. The first-order chi connectivity index (χ1) is 14.0. The Kier molecular flexibility index (Phi) is 7.40. The summed E-state index contributed by atoms with van der Waals surface area (Å²) in [7, 11) is 0. The van der Waals surface area contributed by atoms with Crippen molar-refractivity contribution < 1.29 is 4.79 Å². The summed E-state index contributed by atoms with van der Waals surface area (Å²) in [5.41, 5.74) is 4.10. The molecule has 0 saturated carbocycles. The van der Waals surface area contributed by atoms with Crippen molar-refractivity contribution >= 4 is 22.4 Å². The van der Waals surface area contributed by atoms with Crippen molar-refractivity contribution in [2.75, 3.05) is 18.4 Å². The minimum Gasteiger partial charge on any atom is -0.302 e. The van der Waals surface area contributed by atoms with Crippen LogP contribution in [0, 0.1) is 31.1 Å². The van der Waals surface area contributed by atoms with Crippen LogP contribution in [0.1, 0.15) is 55.3 Å². The Labute approximate surface area is 176 Å². The molecule has 2 aromatic heterocycles. The van der Waals surface area contributed by atoms with E-state index in [1.54, 1.807) is 0 Å². The van der Waals surface area contributed by atoms with Crippen molar-refractivity contribution in [3.63, 3.8) is 0 Å². The monoisotopic (exact) mass is 414 g/mol. The third kappa shape index (κ3) is 5.87. The molecule has 2 aromatic rings. The molecular formula is C21H30N6OS. The second-order valence-electron chi connectivity index (χ2n) is 7.96. The molecule has 8 heteroatoms. The highest BCUT2D eigenvalue weighted by Gasteiger charge is 2.18. The average Bonchev–Trinajstić information content (AvgIpc) is 3.22. The summed E-state index contributed by atoms with van der Waals surface area (Å²) in [4.78, 5) is 19.4. The van der Waals surface area contributed by atoms with Gasteiger partial charge in [-0.15, -0.1) is 11.3 Å². The standard InChI is InChI=1S/C21H30N6OS/c1-15-6-4-10-26(12-15)13-18-14-29-21(23-18)24-20(28)8-7-19-16(2)25-27(17(19)3)11-5-9-22/h14-15H,4-8,10-13H2,1-3H3,(H,23,24,28). The largest absolute Gasteiger partial charge is 0.302 e. The summed E-state index contributed by atoms with van der Waals surface area (Å²) >= 11 is 1.49. The molecule has 1 aliphatic rings. The number of rotatable bonds is 8. The van der Waals surface area contributed by atoms with Crippen LogP contribution < -0.4 is 5.32 Å². The van der Waals surface area contributed by atoms with Gasteiger partial charge in [0.05, 0.1) is 30.4 Å². The van der Waals surface area contributed by atoms with Crippen molar-refractivity contribution in [1.29, 1.82) is 5.26 Å². The van der Waals surface area contributed by atoms with E-state index in [0.29, 0.717) is 30.9 Å². The Morgan fingerprint density at radius 1 is 1.45 bits per heavy atom. The molecule has 7 nitrogen and oxygen atoms in total. The van der Waals surface area contributed by atoms with Gasteiger partial charge in [-0.3, -0.25) is 14.4 Å². The van der Waals surface area contributed by atoms with E-state index >= 15 is 0 Å². The van der Waals surface area contributed by atoms with Crippen molar-refractivity contribution in [3.8, 4) is 6.07 Å². The number of aromatic nitrogens is 3. The second kappa shape index (κ2) is 9.99. The number of anilines is 1. The molecule has 1 saturated heterocycles. The van der Waals surface area contributed by atoms with Gasteiger partial charge in [0.2, 0.25) is 5.91 Å². The molecule has 0 radical (unpaired) electrons. The third-order valence-corrected chi connectivity index (χ3v) is 6.30. The molecule has 1 fully saturated rings. The number of hydrogen-bond acceptors (Lipinski definition) is 6. The van der Waals surface area contributed by atoms with Crippen LogP contribution in [-0.2, 0) is 24.3 Å². The van der Waals surface area contributed by atoms with E-state index in [2.05, 4.69) is 33.3 Å². The number of nitrogens with zero attached hydrogens (tertiary/aromatic N) is 5. The molecule has 0 bridgehead atoms. The minimum absolute atomic E-state index is 0.0268. The molecule has 3 rings (SSSR count). The van der Waals surface area contributed by atoms with Crippen molar-refractivity contribution in [1.82, 2.24) is 19.7 Å². The summed E-state index contributed by atoms with van der Waals surface area (Å²) in [6.45, 7) is 9.96. The number of carbonyl (C=O) groups excluding carboxylic acids is 1. The van der Waals surface area contributed by atoms with Gasteiger partial charge in [0.1, 0.15) is 0 Å². The number of thiazole rings is 1. The number of hydrogen-bond donors (Lipinski definition) is 1. The maximum atomic E-state index is 12.4. The van der Waals surface area contributed by atoms with E-state index in [4.69, 9.17) is 5.26 Å². The number of nitrogens with one attached hydrogen (secondary N) is 1. The van der Waals surface area contributed by atoms with Gasteiger partial charge in [0.15, 0.2) is 5.13 Å². The smallest absolute Gasteiger partial charge is 0.226 e. The van der Waals surface area contributed by atoms with E-state index in [-0.39, 0.29) is 5.91 Å². The fourth-order valence-electron chi connectivity index (χ4n) is 3.99. The lowest BCUT2D eigenvalue weighted by Crippen LogP contribution is -2.33. The van der Waals surface area contributed by atoms with E-state index in [9.17, 15) is 4.79 Å². The lowest BCUT2D eigenvalue weighted by atomic mass is 10.0. The highest BCUT2D eigenvalue weighted by Crippen LogP contribution is 2.21. The molecule has 1 unspecified atom stereocenters. The summed E-state index contributed by atoms with van der Waals surface area (Å²) in [5.74, 6) is 0.721. The Morgan fingerprint density at radius 2 is 2.28 bits per heavy atom. The Balaban J connectivity index is 1.50. The van der Waals surface area contributed by atoms with Gasteiger partial charge < -0.3 is 5.32 Å². The number of carbonyl (C=O) groups is 1. The SMILES string of the molecule is Cc1nn(CCC#N)c(C)c1CCC(=O)Nc1nc(CN2CCCC(C)C2)cs1. The van der Waals surface area contributed by atoms with E-state index < -0.39 is 0 Å². The lowest BCUT2D eigenvalue weighted by molar-refractivity contribution is -0.116. The molecule has 156 valence electrons. The highest BCUT2D eigenvalue weighted by atomic mass is 32.1. The van der Waals surface area contributed by atoms with Crippen LogP contribution >= 0.6 is 11.3 Å². The van der Waals surface area contributed by atoms with Gasteiger partial charge in [0, 0.05) is 30.6 Å². The van der Waals surface area contributed by atoms with Crippen LogP contribution in [0.2, 0.25) is 0 Å². The Bertz CT molecular complexity index is 880. The van der Waals surface area contributed by atoms with Crippen molar-refractivity contribution in [2.45, 2.75) is 66.0 Å². The summed E-state index contributed by atoms with van der Waals surface area (Å²) in [6, 6.07) is 2.15. The number of aryl methyl sites for hydroxylation is 2. The molecule has 1 atom stereocenters. The normalized spacial score (nSPS) is 17.2. The molecule has 1 aliphatic heterocycles. The average molecular weight is 415 g/mol. The highest BCUT2D eigenvalue weighted by molar-refractivity contribution is 7.13. The first-order valence-electron chi connectivity index (χ1n) is 10.3. The predicted octanol–water partition coefficient (Wildman–Crippen LogP) is 3.67. The van der Waals surface area contributed by atoms with Crippen LogP contribution in [0.3, 0.4) is 0 Å². The third-order valence-electron chi connectivity index (χ3n) is 5.49. The topological polar surface area (TPSA) is 86.8 Å². The molecule has 3 heterocycles. The summed E-state index contributed by atoms with van der Waals surface area (Å²) in [6.07, 6.45) is 4.03. The Morgan fingerprint density at radius 3 is 3.03 bits per heavy atom. The fourth-order valence-corrected chi connectivity index (χ4v) is 4.70. The first kappa shape index (κ1) is 21.5. The summed E-state index contributed by atoms with van der Waals surface area (Å²) in [5, 5.41) is 18.9. The second-order valence-corrected chi connectivity index (χ2v) is 8.81. The van der Waals surface area contributed by atoms with Crippen LogP contribution in [0.4, 0.5) is 5.13 Å². The first-order valence-corrected chi connectivity index (χ1v) is 11.2. The molecule has 0 aromatic carbocycles. The maximum Gasteiger partial charge on any atom is 0.226 e. The van der Waals surface area contributed by atoms with Gasteiger partial charge >= 0.3 is 0 Å². The maximum absolute atomic E-state index is 12.4. The number of nitriles is 1. The molecule has 1 amide bonds. The summed E-state index contributed by atoms with van der Waals surface area (Å²) < 4.78 is 1.86. The zero-order chi connectivity index (χ0) is 20.8. The van der Waals surface area contributed by atoms with Gasteiger partial charge in [-0.05, 0) is 51.1 Å². The Hall–Kier alpha value is -2.24. The molecule has 0 spiro atoms. The fraction of sp³-hybridized carbons (Fsp3) is 0.619. The van der Waals surface area contributed by atoms with E-state index in [1.807, 2.05) is 23.9 Å². The molecule has 0 aliphatic carbocycles. The van der Waals surface area contributed by atoms with Crippen molar-refractivity contribution in [3.05, 3.63) is 28.0 Å². The van der Waals surface area contributed by atoms with Gasteiger partial charge in [0.25, 0.3) is 0 Å². The van der Waals surface area contributed by atoms with Gasteiger partial charge in [-0.1, -0.05) is 6.92 Å². The zero-order valence-electron chi connectivity index (χ0n) is 17.6. The molecule has 1 N–H and O–H groups in total. The molecule has 29 heavy (non-hydrogen) atoms. The van der Waals surface area contributed by atoms with Crippen molar-refractivity contribution in [2.24, 2.45) is 5.92 Å². The van der Waals surface area contributed by atoms with Crippen LogP contribution in [0.25, 0.3) is 0 Å². The van der Waals surface area contributed by atoms with E-state index in [1.165, 1.54) is 24.2 Å². The van der Waals surface area contributed by atoms with E-state index in [0.717, 1.165) is 48.2 Å². The quantitative estimate of drug-likeness (QED) is 0.712. The predicted molar refractivity (Wildman–Crippen MR) is 115 cm³/mol. The van der Waals surface area contributed by atoms with Crippen LogP contribution in [0.5, 0.6) is 0 Å². The number of amides is 1. The van der Waals surface area contributed by atoms with Gasteiger partial charge in [-0.25, -0.2) is 4.98 Å². The van der Waals surface area contributed by atoms with Crippen LogP contribution in [-0.4, -0.2) is 38.7 Å².